The van der Waals surface area contributed by atoms with E-state index in [1.165, 1.54) is 13.8 Å². The van der Waals surface area contributed by atoms with E-state index >= 15 is 0 Å². The SMILES string of the molecule is CC(C)[C@H](N)C(=O)N[C@@H](CC(=O)O)C(=O)NCC(=O)N[C@@H](CCCN=C(N)N)C(=O)N[C@H](C(=O)N[C@@H](CC(=O)O)C(=O)NCC(=O)N[C@@H](CCCN=C(N)N)C(=O)O)C(C)C. The molecule has 61 heavy (non-hydrogen) atoms. The summed E-state index contributed by atoms with van der Waals surface area (Å²) in [7, 11) is 0. The zero-order valence-electron chi connectivity index (χ0n) is 34.4. The van der Waals surface area contributed by atoms with Crippen LogP contribution in [0.15, 0.2) is 9.98 Å². The van der Waals surface area contributed by atoms with Crippen molar-refractivity contribution in [1.82, 2.24) is 37.2 Å². The molecule has 344 valence electrons. The molecule has 20 N–H and O–H groups in total. The molecule has 0 unspecified atom stereocenters. The van der Waals surface area contributed by atoms with Crippen molar-refractivity contribution in [3.05, 3.63) is 0 Å². The Balaban J connectivity index is 5.92. The highest BCUT2D eigenvalue weighted by Gasteiger charge is 2.33. The fraction of sp³-hybridized carbons (Fsp3) is 0.647. The lowest BCUT2D eigenvalue weighted by molar-refractivity contribution is -0.142. The number of hydrogen-bond acceptors (Lipinski definition) is 13. The molecule has 0 aliphatic carbocycles. The second-order valence-electron chi connectivity index (χ2n) is 14.2. The topological polar surface area (TPSA) is 470 Å². The second-order valence-corrected chi connectivity index (χ2v) is 14.2. The summed E-state index contributed by atoms with van der Waals surface area (Å²) >= 11 is 0. The van der Waals surface area contributed by atoms with Gasteiger partial charge in [-0.05, 0) is 37.5 Å². The quantitative estimate of drug-likeness (QED) is 0.0189. The van der Waals surface area contributed by atoms with E-state index < -0.39 is 127 Å². The Morgan fingerprint density at radius 3 is 1.30 bits per heavy atom. The number of nitrogens with zero attached hydrogens (tertiary/aromatic N) is 2. The second kappa shape index (κ2) is 27.8. The van der Waals surface area contributed by atoms with Gasteiger partial charge in [0.25, 0.3) is 0 Å². The van der Waals surface area contributed by atoms with E-state index in [9.17, 15) is 63.3 Å². The van der Waals surface area contributed by atoms with Gasteiger partial charge in [0.2, 0.25) is 41.4 Å². The minimum absolute atomic E-state index is 0.00227. The van der Waals surface area contributed by atoms with E-state index in [1.807, 2.05) is 0 Å². The van der Waals surface area contributed by atoms with Crippen LogP contribution < -0.4 is 65.9 Å². The summed E-state index contributed by atoms with van der Waals surface area (Å²) in [5.41, 5.74) is 27.0. The van der Waals surface area contributed by atoms with E-state index in [-0.39, 0.29) is 56.6 Å². The van der Waals surface area contributed by atoms with E-state index in [1.54, 1.807) is 13.8 Å². The summed E-state index contributed by atoms with van der Waals surface area (Å²) in [6.45, 7) is 4.74. The molecule has 6 atom stereocenters. The van der Waals surface area contributed by atoms with Gasteiger partial charge in [-0.3, -0.25) is 53.1 Å². The maximum absolute atomic E-state index is 13.6. The van der Waals surface area contributed by atoms with E-state index in [0.29, 0.717) is 0 Å². The lowest BCUT2D eigenvalue weighted by Crippen LogP contribution is -2.59. The standard InChI is InChI=1S/C34H60N14O13/c1-15(2)25(35)30(58)46-19(11-23(51)52)27(55)42-13-21(49)44-17(7-5-9-40-33(36)37)29(57)48-26(16(3)4)31(59)47-20(12-24(53)54)28(56)43-14-22(50)45-18(32(60)61)8-6-10-41-34(38)39/h15-20,25-26H,5-14,35H2,1-4H3,(H,42,55)(H,43,56)(H,44,49)(H,45,50)(H,46,58)(H,47,59)(H,48,57)(H,51,52)(H,53,54)(H,60,61)(H4,36,37,40)(H4,38,39,41)/t17-,18-,19-,20-,25-,26-/m0/s1. The molecular weight excluding hydrogens is 812 g/mol. The molecule has 0 saturated carbocycles. The first kappa shape index (κ1) is 54.2. The summed E-state index contributed by atoms with van der Waals surface area (Å²) in [5, 5.41) is 43.9. The monoisotopic (exact) mass is 872 g/mol. The number of carboxylic acids is 3. The van der Waals surface area contributed by atoms with Crippen LogP contribution in [0, 0.1) is 11.8 Å². The number of guanidine groups is 2. The maximum atomic E-state index is 13.6. The molecule has 0 aromatic heterocycles. The Hall–Kier alpha value is -6.80. The summed E-state index contributed by atoms with van der Waals surface area (Å²) in [4.78, 5) is 133. The van der Waals surface area contributed by atoms with Crippen molar-refractivity contribution in [2.24, 2.45) is 50.5 Å². The molecule has 0 radical (unpaired) electrons. The van der Waals surface area contributed by atoms with Gasteiger partial charge >= 0.3 is 17.9 Å². The van der Waals surface area contributed by atoms with Crippen LogP contribution in [0.3, 0.4) is 0 Å². The lowest BCUT2D eigenvalue weighted by Gasteiger charge is -2.27. The van der Waals surface area contributed by atoms with Gasteiger partial charge in [-0.25, -0.2) is 4.79 Å². The molecule has 0 aliphatic rings. The number of rotatable bonds is 29. The van der Waals surface area contributed by atoms with Gasteiger partial charge in [0.05, 0.1) is 32.0 Å². The number of nitrogens with two attached hydrogens (primary N) is 5. The van der Waals surface area contributed by atoms with Gasteiger partial charge in [-0.15, -0.1) is 0 Å². The highest BCUT2D eigenvalue weighted by molar-refractivity contribution is 5.97. The number of amides is 7. The number of carboxylic acid groups (broad SMARTS) is 3. The predicted molar refractivity (Wildman–Crippen MR) is 215 cm³/mol. The molecule has 7 amide bonds. The Labute approximate surface area is 350 Å². The van der Waals surface area contributed by atoms with Crippen LogP contribution in [-0.4, -0.2) is 149 Å². The van der Waals surface area contributed by atoms with Crippen molar-refractivity contribution in [2.75, 3.05) is 26.2 Å². The van der Waals surface area contributed by atoms with E-state index in [0.717, 1.165) is 0 Å². The molecule has 0 aromatic carbocycles. The van der Waals surface area contributed by atoms with Crippen molar-refractivity contribution in [1.29, 1.82) is 0 Å². The number of aliphatic imine (C=N–C) groups is 2. The summed E-state index contributed by atoms with van der Waals surface area (Å²) in [6, 6.07) is -8.72. The number of carbonyl (C=O) groups is 10. The van der Waals surface area contributed by atoms with Crippen LogP contribution in [-0.2, 0) is 47.9 Å². The van der Waals surface area contributed by atoms with Crippen LogP contribution >= 0.6 is 0 Å². The molecule has 0 fully saturated rings. The van der Waals surface area contributed by atoms with Crippen LogP contribution in [0.1, 0.15) is 66.2 Å². The molecule has 27 nitrogen and oxygen atoms in total. The van der Waals surface area contributed by atoms with Crippen molar-refractivity contribution in [2.45, 2.75) is 102 Å². The molecule has 0 heterocycles. The third-order valence-corrected chi connectivity index (χ3v) is 8.31. The van der Waals surface area contributed by atoms with E-state index in [2.05, 4.69) is 47.2 Å². The molecule has 0 saturated heterocycles. The Kier molecular flexibility index (Phi) is 24.7. The highest BCUT2D eigenvalue weighted by Crippen LogP contribution is 2.08. The largest absolute Gasteiger partial charge is 0.481 e. The third kappa shape index (κ3) is 23.4. The summed E-state index contributed by atoms with van der Waals surface area (Å²) < 4.78 is 0. The normalized spacial score (nSPS) is 13.7. The van der Waals surface area contributed by atoms with Crippen LogP contribution in [0.5, 0.6) is 0 Å². The zero-order chi connectivity index (χ0) is 47.0. The molecule has 27 heteroatoms. The van der Waals surface area contributed by atoms with Gasteiger partial charge in [-0.1, -0.05) is 27.7 Å². The maximum Gasteiger partial charge on any atom is 0.326 e. The average molecular weight is 873 g/mol. The summed E-state index contributed by atoms with van der Waals surface area (Å²) in [5.74, 6) is -12.8. The minimum Gasteiger partial charge on any atom is -0.481 e. The smallest absolute Gasteiger partial charge is 0.326 e. The number of hydrogen-bond donors (Lipinski definition) is 15. The Morgan fingerprint density at radius 2 is 0.918 bits per heavy atom. The predicted octanol–water partition coefficient (Wildman–Crippen LogP) is -6.58. The van der Waals surface area contributed by atoms with Gasteiger partial charge in [0.15, 0.2) is 11.9 Å². The van der Waals surface area contributed by atoms with Crippen molar-refractivity contribution in [3.63, 3.8) is 0 Å². The van der Waals surface area contributed by atoms with Gasteiger partial charge in [-0.2, -0.15) is 0 Å². The van der Waals surface area contributed by atoms with Gasteiger partial charge in [0, 0.05) is 13.1 Å². The van der Waals surface area contributed by atoms with Crippen molar-refractivity contribution < 1.29 is 63.3 Å². The van der Waals surface area contributed by atoms with E-state index in [4.69, 9.17) is 28.7 Å². The molecule has 0 aromatic rings. The Bertz CT molecular complexity index is 1630. The lowest BCUT2D eigenvalue weighted by atomic mass is 10.0. The molecular formula is C34H60N14O13. The molecule has 0 aliphatic heterocycles. The van der Waals surface area contributed by atoms with Crippen LogP contribution in [0.25, 0.3) is 0 Å². The van der Waals surface area contributed by atoms with Gasteiger partial charge < -0.3 is 81.2 Å². The first-order valence-electron chi connectivity index (χ1n) is 18.9. The highest BCUT2D eigenvalue weighted by atomic mass is 16.4. The Morgan fingerprint density at radius 1 is 0.508 bits per heavy atom. The average Bonchev–Trinajstić information content (AvgIpc) is 3.15. The van der Waals surface area contributed by atoms with Crippen LogP contribution in [0.4, 0.5) is 0 Å². The number of carbonyl (C=O) groups excluding carboxylic acids is 7. The van der Waals surface area contributed by atoms with Crippen LogP contribution in [0.2, 0.25) is 0 Å². The molecule has 0 bridgehead atoms. The fourth-order valence-corrected chi connectivity index (χ4v) is 4.99. The molecule has 0 spiro atoms. The first-order valence-corrected chi connectivity index (χ1v) is 18.9. The fourth-order valence-electron chi connectivity index (χ4n) is 4.99. The third-order valence-electron chi connectivity index (χ3n) is 8.31. The number of nitrogens with one attached hydrogen (secondary N) is 7. The first-order chi connectivity index (χ1) is 28.3. The number of aliphatic carboxylic acids is 3. The minimum atomic E-state index is -1.79. The van der Waals surface area contributed by atoms with Gasteiger partial charge in [0.1, 0.15) is 30.2 Å². The summed E-state index contributed by atoms with van der Waals surface area (Å²) in [6.07, 6.45) is -1.75. The zero-order valence-corrected chi connectivity index (χ0v) is 34.4. The van der Waals surface area contributed by atoms with Crippen molar-refractivity contribution in [3.8, 4) is 0 Å². The van der Waals surface area contributed by atoms with Crippen molar-refractivity contribution >= 4 is 71.2 Å². The molecule has 0 rings (SSSR count).